The van der Waals surface area contributed by atoms with Crippen molar-refractivity contribution in [2.75, 3.05) is 18.5 Å². The van der Waals surface area contributed by atoms with E-state index in [1.54, 1.807) is 24.3 Å². The average molecular weight is 441 g/mol. The van der Waals surface area contributed by atoms with Crippen LogP contribution in [0, 0.1) is 0 Å². The molecule has 0 fully saturated rings. The van der Waals surface area contributed by atoms with Gasteiger partial charge in [0.25, 0.3) is 0 Å². The summed E-state index contributed by atoms with van der Waals surface area (Å²) < 4.78 is 10.7. The van der Waals surface area contributed by atoms with Gasteiger partial charge in [-0.25, -0.2) is 9.59 Å². The van der Waals surface area contributed by atoms with Crippen LogP contribution in [0.1, 0.15) is 91.8 Å². The molecule has 0 N–H and O–H groups in total. The van der Waals surface area contributed by atoms with Crippen molar-refractivity contribution >= 4 is 27.9 Å². The summed E-state index contributed by atoms with van der Waals surface area (Å²) in [7, 11) is 0. The topological polar surface area (TPSA) is 52.6 Å². The maximum Gasteiger partial charge on any atom is 0.339 e. The fourth-order valence-corrected chi connectivity index (χ4v) is 3.15. The maximum absolute atomic E-state index is 12.3. The highest BCUT2D eigenvalue weighted by Gasteiger charge is 2.18. The van der Waals surface area contributed by atoms with Crippen LogP contribution < -0.4 is 0 Å². The highest BCUT2D eigenvalue weighted by molar-refractivity contribution is 9.09. The summed E-state index contributed by atoms with van der Waals surface area (Å²) in [4.78, 5) is 24.6. The lowest BCUT2D eigenvalue weighted by Gasteiger charge is -2.10. The summed E-state index contributed by atoms with van der Waals surface area (Å²) in [6.07, 6.45) is 10.9. The Kier molecular flexibility index (Phi) is 13.7. The van der Waals surface area contributed by atoms with E-state index in [2.05, 4.69) is 22.9 Å². The number of halogens is 1. The summed E-state index contributed by atoms with van der Waals surface area (Å²) in [5, 5.41) is 1.04. The zero-order valence-electron chi connectivity index (χ0n) is 16.5. The molecule has 0 heterocycles. The standard InChI is InChI=1S/C22H33BrO4/c1-2-3-4-7-12-17-26-21(24)19-14-9-10-15-20(19)22(25)27-18-13-8-5-6-11-16-23/h9-10,14-15H,2-8,11-13,16-18H2,1H3. The minimum absolute atomic E-state index is 0.285. The fraction of sp³-hybridized carbons (Fsp3) is 0.636. The van der Waals surface area contributed by atoms with Crippen LogP contribution in [-0.4, -0.2) is 30.5 Å². The normalized spacial score (nSPS) is 10.6. The van der Waals surface area contributed by atoms with Gasteiger partial charge in [-0.2, -0.15) is 0 Å². The van der Waals surface area contributed by atoms with Crippen molar-refractivity contribution in [1.82, 2.24) is 0 Å². The van der Waals surface area contributed by atoms with Crippen LogP contribution in [0.3, 0.4) is 0 Å². The first-order chi connectivity index (χ1) is 13.2. The van der Waals surface area contributed by atoms with Crippen LogP contribution in [0.4, 0.5) is 0 Å². The van der Waals surface area contributed by atoms with E-state index in [0.717, 1.165) is 43.9 Å². The van der Waals surface area contributed by atoms with Gasteiger partial charge in [-0.1, -0.05) is 79.9 Å². The van der Waals surface area contributed by atoms with E-state index < -0.39 is 11.9 Å². The molecule has 0 aliphatic heterocycles. The summed E-state index contributed by atoms with van der Waals surface area (Å²) in [6.45, 7) is 2.94. The smallest absolute Gasteiger partial charge is 0.339 e. The van der Waals surface area contributed by atoms with Gasteiger partial charge in [0.15, 0.2) is 0 Å². The lowest BCUT2D eigenvalue weighted by atomic mass is 10.1. The van der Waals surface area contributed by atoms with Crippen LogP contribution in [0.2, 0.25) is 0 Å². The zero-order valence-corrected chi connectivity index (χ0v) is 18.1. The Morgan fingerprint density at radius 2 is 1.19 bits per heavy atom. The molecule has 0 atom stereocenters. The van der Waals surface area contributed by atoms with Crippen molar-refractivity contribution in [3.8, 4) is 0 Å². The molecule has 5 heteroatoms. The van der Waals surface area contributed by atoms with E-state index in [-0.39, 0.29) is 11.1 Å². The quantitative estimate of drug-likeness (QED) is 0.182. The summed E-state index contributed by atoms with van der Waals surface area (Å²) in [6, 6.07) is 6.71. The van der Waals surface area contributed by atoms with Crippen LogP contribution in [-0.2, 0) is 9.47 Å². The van der Waals surface area contributed by atoms with Crippen LogP contribution in [0.25, 0.3) is 0 Å². The lowest BCUT2D eigenvalue weighted by molar-refractivity contribution is 0.0450. The average Bonchev–Trinajstić information content (AvgIpc) is 2.69. The molecule has 0 bridgehead atoms. The number of hydrogen-bond acceptors (Lipinski definition) is 4. The Balaban J connectivity index is 2.38. The van der Waals surface area contributed by atoms with Gasteiger partial charge in [-0.15, -0.1) is 0 Å². The molecule has 0 aliphatic carbocycles. The largest absolute Gasteiger partial charge is 0.462 e. The van der Waals surface area contributed by atoms with Gasteiger partial charge >= 0.3 is 11.9 Å². The Hall–Kier alpha value is -1.36. The summed E-state index contributed by atoms with van der Waals surface area (Å²) in [5.41, 5.74) is 0.571. The molecule has 0 unspecified atom stereocenters. The van der Waals surface area contributed by atoms with Crippen molar-refractivity contribution in [2.45, 2.75) is 71.1 Å². The van der Waals surface area contributed by atoms with Crippen LogP contribution in [0.15, 0.2) is 24.3 Å². The number of ether oxygens (including phenoxy) is 2. The molecule has 0 saturated heterocycles. The second kappa shape index (κ2) is 15.7. The zero-order chi connectivity index (χ0) is 19.7. The Morgan fingerprint density at radius 3 is 1.67 bits per heavy atom. The van der Waals surface area contributed by atoms with E-state index in [1.807, 2.05) is 0 Å². The van der Waals surface area contributed by atoms with E-state index in [0.29, 0.717) is 13.2 Å². The lowest BCUT2D eigenvalue weighted by Crippen LogP contribution is -2.15. The fourth-order valence-electron chi connectivity index (χ4n) is 2.76. The SMILES string of the molecule is CCCCCCCOC(=O)c1ccccc1C(=O)OCCCCCCCBr. The molecular weight excluding hydrogens is 408 g/mol. The highest BCUT2D eigenvalue weighted by Crippen LogP contribution is 2.13. The number of hydrogen-bond donors (Lipinski definition) is 0. The molecule has 0 amide bonds. The number of carbonyl (C=O) groups excluding carboxylic acids is 2. The Labute approximate surface area is 172 Å². The predicted molar refractivity (Wildman–Crippen MR) is 113 cm³/mol. The third-order valence-corrected chi connectivity index (χ3v) is 4.92. The number of alkyl halides is 1. The molecule has 0 aromatic heterocycles. The molecular formula is C22H33BrO4. The van der Waals surface area contributed by atoms with Gasteiger partial charge in [0, 0.05) is 5.33 Å². The van der Waals surface area contributed by atoms with Crippen molar-refractivity contribution in [1.29, 1.82) is 0 Å². The second-order valence-corrected chi connectivity index (χ2v) is 7.48. The first kappa shape index (κ1) is 23.7. The molecule has 0 spiro atoms. The highest BCUT2D eigenvalue weighted by atomic mass is 79.9. The predicted octanol–water partition coefficient (Wildman–Crippen LogP) is 6.32. The number of benzene rings is 1. The Morgan fingerprint density at radius 1 is 0.741 bits per heavy atom. The molecule has 1 aromatic rings. The molecule has 0 radical (unpaired) electrons. The van der Waals surface area contributed by atoms with Crippen molar-refractivity contribution in [2.24, 2.45) is 0 Å². The molecule has 152 valence electrons. The molecule has 1 aromatic carbocycles. The monoisotopic (exact) mass is 440 g/mol. The van der Waals surface area contributed by atoms with Gasteiger partial charge in [-0.3, -0.25) is 0 Å². The van der Waals surface area contributed by atoms with E-state index >= 15 is 0 Å². The minimum atomic E-state index is -0.453. The summed E-state index contributed by atoms with van der Waals surface area (Å²) >= 11 is 3.42. The first-order valence-electron chi connectivity index (χ1n) is 10.2. The van der Waals surface area contributed by atoms with Gasteiger partial charge in [0.05, 0.1) is 24.3 Å². The maximum atomic E-state index is 12.3. The second-order valence-electron chi connectivity index (χ2n) is 6.69. The van der Waals surface area contributed by atoms with Gasteiger partial charge in [0.1, 0.15) is 0 Å². The Bertz CT molecular complexity index is 545. The van der Waals surface area contributed by atoms with Crippen molar-refractivity contribution in [3.63, 3.8) is 0 Å². The molecule has 0 saturated carbocycles. The minimum Gasteiger partial charge on any atom is -0.462 e. The first-order valence-corrected chi connectivity index (χ1v) is 11.3. The van der Waals surface area contributed by atoms with Crippen molar-refractivity contribution < 1.29 is 19.1 Å². The van der Waals surface area contributed by atoms with Crippen LogP contribution in [0.5, 0.6) is 0 Å². The third-order valence-electron chi connectivity index (χ3n) is 4.36. The van der Waals surface area contributed by atoms with Crippen LogP contribution >= 0.6 is 15.9 Å². The number of rotatable bonds is 15. The number of esters is 2. The molecule has 27 heavy (non-hydrogen) atoms. The number of carbonyl (C=O) groups is 2. The van der Waals surface area contributed by atoms with E-state index in [4.69, 9.17) is 9.47 Å². The van der Waals surface area contributed by atoms with E-state index in [1.165, 1.54) is 25.7 Å². The van der Waals surface area contributed by atoms with E-state index in [9.17, 15) is 9.59 Å². The molecule has 4 nitrogen and oxygen atoms in total. The van der Waals surface area contributed by atoms with Crippen molar-refractivity contribution in [3.05, 3.63) is 35.4 Å². The number of unbranched alkanes of at least 4 members (excludes halogenated alkanes) is 8. The molecule has 0 aliphatic rings. The summed E-state index contributed by atoms with van der Waals surface area (Å²) in [5.74, 6) is -0.904. The third kappa shape index (κ3) is 10.5. The molecule has 1 rings (SSSR count). The van der Waals surface area contributed by atoms with Gasteiger partial charge < -0.3 is 9.47 Å². The van der Waals surface area contributed by atoms with Gasteiger partial charge in [0.2, 0.25) is 0 Å². The van der Waals surface area contributed by atoms with Gasteiger partial charge in [-0.05, 0) is 31.4 Å².